The van der Waals surface area contributed by atoms with Crippen molar-refractivity contribution in [3.63, 3.8) is 0 Å². The van der Waals surface area contributed by atoms with Crippen LogP contribution in [0.3, 0.4) is 0 Å². The minimum absolute atomic E-state index is 0.0465. The first-order valence-corrected chi connectivity index (χ1v) is 10.6. The normalized spacial score (nSPS) is 31.9. The number of ether oxygens (including phenoxy) is 2. The van der Waals surface area contributed by atoms with Crippen LogP contribution in [0.2, 0.25) is 0 Å². The summed E-state index contributed by atoms with van der Waals surface area (Å²) in [7, 11) is 0. The Morgan fingerprint density at radius 1 is 1.11 bits per heavy atom. The molecule has 6 nitrogen and oxygen atoms in total. The van der Waals surface area contributed by atoms with Crippen molar-refractivity contribution in [2.24, 2.45) is 5.92 Å². The zero-order chi connectivity index (χ0) is 18.6. The molecule has 148 valence electrons. The van der Waals surface area contributed by atoms with E-state index in [1.54, 1.807) is 0 Å². The lowest BCUT2D eigenvalue weighted by atomic mass is 9.73. The summed E-state index contributed by atoms with van der Waals surface area (Å²) >= 11 is 0. The molecular weight excluding hydrogens is 354 g/mol. The van der Waals surface area contributed by atoms with E-state index in [2.05, 4.69) is 33.0 Å². The van der Waals surface area contributed by atoms with Crippen LogP contribution in [0.4, 0.5) is 0 Å². The number of nitrogens with zero attached hydrogens (tertiary/aromatic N) is 3. The number of pyridine rings is 1. The maximum absolute atomic E-state index is 6.46. The number of hydrogen-bond acceptors (Lipinski definition) is 6. The summed E-state index contributed by atoms with van der Waals surface area (Å²) in [6, 6.07) is 6.38. The van der Waals surface area contributed by atoms with Crippen molar-refractivity contribution >= 4 is 0 Å². The van der Waals surface area contributed by atoms with E-state index in [9.17, 15) is 0 Å². The Morgan fingerprint density at radius 3 is 2.75 bits per heavy atom. The zero-order valence-corrected chi connectivity index (χ0v) is 16.2. The predicted octanol–water partition coefficient (Wildman–Crippen LogP) is 2.57. The molecule has 4 fully saturated rings. The molecule has 0 aromatic carbocycles. The van der Waals surface area contributed by atoms with E-state index in [1.807, 2.05) is 6.20 Å². The third-order valence-corrected chi connectivity index (χ3v) is 6.97. The fourth-order valence-corrected chi connectivity index (χ4v) is 5.44. The van der Waals surface area contributed by atoms with Crippen molar-refractivity contribution in [2.75, 3.05) is 45.9 Å². The highest BCUT2D eigenvalue weighted by molar-refractivity contribution is 5.59. The maximum Gasteiger partial charge on any atom is 0.217 e. The second kappa shape index (κ2) is 6.58. The number of aromatic nitrogens is 1. The lowest BCUT2D eigenvalue weighted by Gasteiger charge is -2.50. The molecule has 0 radical (unpaired) electrons. The second-order valence-corrected chi connectivity index (χ2v) is 8.74. The number of hydrogen-bond donors (Lipinski definition) is 0. The number of morpholine rings is 1. The van der Waals surface area contributed by atoms with Crippen LogP contribution in [-0.4, -0.2) is 66.3 Å². The van der Waals surface area contributed by atoms with Gasteiger partial charge in [-0.2, -0.15) is 0 Å². The van der Waals surface area contributed by atoms with Crippen LogP contribution in [0, 0.1) is 5.92 Å². The lowest BCUT2D eigenvalue weighted by molar-refractivity contribution is -0.0814. The van der Waals surface area contributed by atoms with Crippen molar-refractivity contribution < 1.29 is 13.9 Å². The molecule has 2 aromatic heterocycles. The third-order valence-electron chi connectivity index (χ3n) is 6.97. The van der Waals surface area contributed by atoms with E-state index in [-0.39, 0.29) is 5.60 Å². The van der Waals surface area contributed by atoms with Gasteiger partial charge in [-0.15, -0.1) is 0 Å². The first kappa shape index (κ1) is 17.0. The van der Waals surface area contributed by atoms with E-state index >= 15 is 0 Å². The van der Waals surface area contributed by atoms with Crippen molar-refractivity contribution in [2.45, 2.75) is 31.4 Å². The maximum atomic E-state index is 6.46. The molecule has 5 aliphatic rings. The number of fused-ring (bicyclic) bond motifs is 3. The van der Waals surface area contributed by atoms with Crippen molar-refractivity contribution in [1.29, 1.82) is 0 Å². The van der Waals surface area contributed by atoms with Crippen LogP contribution in [0.5, 0.6) is 5.88 Å². The summed E-state index contributed by atoms with van der Waals surface area (Å²) in [4.78, 5) is 9.59. The Balaban J connectivity index is 1.21. The fraction of sp³-hybridized carbons (Fsp3) is 0.591. The highest BCUT2D eigenvalue weighted by atomic mass is 16.5. The summed E-state index contributed by atoms with van der Waals surface area (Å²) < 4.78 is 18.0. The van der Waals surface area contributed by atoms with E-state index in [0.29, 0.717) is 5.92 Å². The molecule has 4 saturated heterocycles. The van der Waals surface area contributed by atoms with Crippen LogP contribution in [0.1, 0.15) is 24.2 Å². The molecule has 7 heterocycles. The van der Waals surface area contributed by atoms with Gasteiger partial charge in [0, 0.05) is 49.3 Å². The Kier molecular flexibility index (Phi) is 4.00. The first-order valence-electron chi connectivity index (χ1n) is 10.6. The van der Waals surface area contributed by atoms with E-state index < -0.39 is 0 Å². The topological polar surface area (TPSA) is 51.0 Å². The molecule has 0 aliphatic carbocycles. The second-order valence-electron chi connectivity index (χ2n) is 8.74. The van der Waals surface area contributed by atoms with Gasteiger partial charge in [-0.25, -0.2) is 4.98 Å². The smallest absolute Gasteiger partial charge is 0.217 e. The zero-order valence-electron chi connectivity index (χ0n) is 16.2. The summed E-state index contributed by atoms with van der Waals surface area (Å²) in [5, 5.41) is 0. The molecule has 0 amide bonds. The van der Waals surface area contributed by atoms with E-state index in [1.165, 1.54) is 31.5 Å². The van der Waals surface area contributed by atoms with Gasteiger partial charge in [-0.1, -0.05) is 0 Å². The Labute approximate surface area is 165 Å². The van der Waals surface area contributed by atoms with Gasteiger partial charge in [0.25, 0.3) is 0 Å². The number of rotatable bonds is 3. The molecule has 6 heteroatoms. The molecule has 0 N–H and O–H groups in total. The van der Waals surface area contributed by atoms with Crippen molar-refractivity contribution in [1.82, 2.24) is 14.8 Å². The number of piperidine rings is 3. The average Bonchev–Trinajstić information content (AvgIpc) is 3.33. The molecule has 5 aliphatic heterocycles. The fourth-order valence-electron chi connectivity index (χ4n) is 5.44. The van der Waals surface area contributed by atoms with Gasteiger partial charge in [-0.3, -0.25) is 9.80 Å². The molecule has 1 atom stereocenters. The Bertz CT molecular complexity index is 868. The standard InChI is InChI=1S/C22H27N3O3/c1-2-20(27-19(1)14-24-7-9-26-10-8-24)17-11-16-12-22(28-21(16)23-13-17)15-25-5-3-18(22)4-6-25/h1-2,11,13,18H,3-10,12,14-15H2/t22-/m0/s1. The molecule has 7 rings (SSSR count). The number of furan rings is 1. The Morgan fingerprint density at radius 2 is 1.96 bits per heavy atom. The van der Waals surface area contributed by atoms with Crippen LogP contribution in [-0.2, 0) is 17.7 Å². The molecule has 0 saturated carbocycles. The quantitative estimate of drug-likeness (QED) is 0.815. The molecule has 2 bridgehead atoms. The summed E-state index contributed by atoms with van der Waals surface area (Å²) in [6.45, 7) is 7.89. The molecular formula is C22H27N3O3. The van der Waals surface area contributed by atoms with E-state index in [4.69, 9.17) is 13.9 Å². The SMILES string of the molecule is c1nc2c(cc1-c1ccc(CN3CCOCC3)o1)C[C@@]1(CN3CCC1CC3)O2. The molecule has 1 spiro atoms. The molecule has 2 aromatic rings. The highest BCUT2D eigenvalue weighted by Gasteiger charge is 2.52. The van der Waals surface area contributed by atoms with Gasteiger partial charge >= 0.3 is 0 Å². The lowest BCUT2D eigenvalue weighted by Crippen LogP contribution is -2.61. The van der Waals surface area contributed by atoms with Gasteiger partial charge in [0.2, 0.25) is 5.88 Å². The van der Waals surface area contributed by atoms with Gasteiger partial charge < -0.3 is 13.9 Å². The Hall–Kier alpha value is -1.89. The average molecular weight is 381 g/mol. The highest BCUT2D eigenvalue weighted by Crippen LogP contribution is 2.46. The van der Waals surface area contributed by atoms with Gasteiger partial charge in [0.05, 0.1) is 19.8 Å². The minimum atomic E-state index is -0.0465. The minimum Gasteiger partial charge on any atom is -0.469 e. The monoisotopic (exact) mass is 381 g/mol. The van der Waals surface area contributed by atoms with Crippen LogP contribution in [0.25, 0.3) is 11.3 Å². The predicted molar refractivity (Wildman–Crippen MR) is 104 cm³/mol. The largest absolute Gasteiger partial charge is 0.469 e. The summed E-state index contributed by atoms with van der Waals surface area (Å²) in [6.07, 6.45) is 5.39. The third kappa shape index (κ3) is 2.86. The van der Waals surface area contributed by atoms with Crippen molar-refractivity contribution in [3.8, 4) is 17.2 Å². The molecule has 28 heavy (non-hydrogen) atoms. The van der Waals surface area contributed by atoms with Crippen LogP contribution >= 0.6 is 0 Å². The van der Waals surface area contributed by atoms with E-state index in [0.717, 1.165) is 68.8 Å². The summed E-state index contributed by atoms with van der Waals surface area (Å²) in [5.74, 6) is 3.40. The van der Waals surface area contributed by atoms with Crippen LogP contribution in [0.15, 0.2) is 28.8 Å². The van der Waals surface area contributed by atoms with Gasteiger partial charge in [-0.05, 0) is 44.1 Å². The van der Waals surface area contributed by atoms with Gasteiger partial charge in [0.15, 0.2) is 0 Å². The summed E-state index contributed by atoms with van der Waals surface area (Å²) in [5.41, 5.74) is 2.24. The van der Waals surface area contributed by atoms with Gasteiger partial charge in [0.1, 0.15) is 17.1 Å². The molecule has 0 unspecified atom stereocenters. The van der Waals surface area contributed by atoms with Crippen molar-refractivity contribution in [3.05, 3.63) is 35.7 Å². The van der Waals surface area contributed by atoms with Crippen LogP contribution < -0.4 is 4.74 Å². The first-order chi connectivity index (χ1) is 13.8.